The first kappa shape index (κ1) is 15.1. The number of halogens is 1. The number of thiazole rings is 1. The van der Waals surface area contributed by atoms with E-state index in [0.29, 0.717) is 13.2 Å². The van der Waals surface area contributed by atoms with Gasteiger partial charge >= 0.3 is 0 Å². The molecular weight excluding hydrogens is 303 g/mol. The maximum absolute atomic E-state index is 12.9. The van der Waals surface area contributed by atoms with E-state index in [1.54, 1.807) is 23.5 Å². The largest absolute Gasteiger partial charge is 0.368 e. The molecule has 1 fully saturated rings. The molecule has 0 saturated carbocycles. The van der Waals surface area contributed by atoms with Crippen molar-refractivity contribution in [3.63, 3.8) is 0 Å². The van der Waals surface area contributed by atoms with Gasteiger partial charge in [-0.25, -0.2) is 9.37 Å². The summed E-state index contributed by atoms with van der Waals surface area (Å²) in [6.45, 7) is 1.09. The molecule has 0 radical (unpaired) electrons. The molecule has 1 saturated heterocycles. The van der Waals surface area contributed by atoms with Crippen LogP contribution in [0, 0.1) is 5.82 Å². The first-order chi connectivity index (χ1) is 10.7. The number of benzene rings is 1. The smallest absolute Gasteiger partial charge is 0.249 e. The van der Waals surface area contributed by atoms with Crippen molar-refractivity contribution >= 4 is 17.2 Å². The number of nitrogens with zero attached hydrogens (tertiary/aromatic N) is 1. The molecule has 1 atom stereocenters. The molecule has 1 aliphatic rings. The molecule has 4 nitrogen and oxygen atoms in total. The number of ether oxygens (including phenoxy) is 1. The van der Waals surface area contributed by atoms with Gasteiger partial charge in [0.1, 0.15) is 16.9 Å². The van der Waals surface area contributed by atoms with Gasteiger partial charge in [0.25, 0.3) is 0 Å². The van der Waals surface area contributed by atoms with Crippen molar-refractivity contribution in [1.29, 1.82) is 0 Å². The quantitative estimate of drug-likeness (QED) is 0.921. The van der Waals surface area contributed by atoms with E-state index in [2.05, 4.69) is 10.3 Å². The summed E-state index contributed by atoms with van der Waals surface area (Å²) in [5.41, 5.74) is 1.04. The van der Waals surface area contributed by atoms with Crippen molar-refractivity contribution in [1.82, 2.24) is 10.3 Å². The van der Waals surface area contributed by atoms with Crippen molar-refractivity contribution in [2.24, 2.45) is 0 Å². The highest BCUT2D eigenvalue weighted by molar-refractivity contribution is 7.11. The van der Waals surface area contributed by atoms with Crippen LogP contribution in [0.3, 0.4) is 0 Å². The van der Waals surface area contributed by atoms with E-state index < -0.39 is 0 Å². The minimum absolute atomic E-state index is 0.0622. The Labute approximate surface area is 132 Å². The zero-order valence-corrected chi connectivity index (χ0v) is 12.9. The topological polar surface area (TPSA) is 51.2 Å². The SMILES string of the molecule is O=C(NCc1ncc(Cc2ccc(F)cc2)s1)C1CCCO1. The van der Waals surface area contributed by atoms with Crippen molar-refractivity contribution in [2.45, 2.75) is 31.9 Å². The normalized spacial score (nSPS) is 17.6. The lowest BCUT2D eigenvalue weighted by molar-refractivity contribution is -0.130. The molecule has 0 spiro atoms. The first-order valence-electron chi connectivity index (χ1n) is 7.28. The van der Waals surface area contributed by atoms with E-state index in [1.165, 1.54) is 12.1 Å². The predicted octanol–water partition coefficient (Wildman–Crippen LogP) is 2.67. The van der Waals surface area contributed by atoms with E-state index in [9.17, 15) is 9.18 Å². The zero-order valence-electron chi connectivity index (χ0n) is 12.0. The lowest BCUT2D eigenvalue weighted by Crippen LogP contribution is -2.33. The first-order valence-corrected chi connectivity index (χ1v) is 8.10. The highest BCUT2D eigenvalue weighted by Crippen LogP contribution is 2.18. The Balaban J connectivity index is 1.52. The van der Waals surface area contributed by atoms with Gasteiger partial charge in [0.05, 0.1) is 6.54 Å². The molecule has 1 amide bonds. The maximum Gasteiger partial charge on any atom is 0.249 e. The van der Waals surface area contributed by atoms with E-state index in [0.717, 1.165) is 34.7 Å². The van der Waals surface area contributed by atoms with Crippen molar-refractivity contribution in [3.8, 4) is 0 Å². The fourth-order valence-electron chi connectivity index (χ4n) is 2.38. The van der Waals surface area contributed by atoms with Crippen LogP contribution in [-0.2, 0) is 22.5 Å². The Kier molecular flexibility index (Phi) is 4.80. The van der Waals surface area contributed by atoms with Gasteiger partial charge in [0.2, 0.25) is 5.91 Å². The van der Waals surface area contributed by atoms with Crippen LogP contribution in [-0.4, -0.2) is 23.6 Å². The standard InChI is InChI=1S/C16H17FN2O2S/c17-12-5-3-11(4-6-12)8-13-9-18-15(22-13)10-19-16(20)14-2-1-7-21-14/h3-6,9,14H,1-2,7-8,10H2,(H,19,20). The van der Waals surface area contributed by atoms with E-state index in [4.69, 9.17) is 4.74 Å². The van der Waals surface area contributed by atoms with Crippen molar-refractivity contribution in [3.05, 3.63) is 51.7 Å². The molecule has 1 aromatic heterocycles. The third-order valence-electron chi connectivity index (χ3n) is 3.53. The Morgan fingerprint density at radius 2 is 2.23 bits per heavy atom. The Bertz CT molecular complexity index is 636. The summed E-state index contributed by atoms with van der Waals surface area (Å²) in [5, 5.41) is 3.72. The maximum atomic E-state index is 12.9. The predicted molar refractivity (Wildman–Crippen MR) is 82.1 cm³/mol. The van der Waals surface area contributed by atoms with Crippen LogP contribution in [0.4, 0.5) is 4.39 Å². The van der Waals surface area contributed by atoms with Gasteiger partial charge in [-0.15, -0.1) is 11.3 Å². The second kappa shape index (κ2) is 6.98. The Hall–Kier alpha value is -1.79. The summed E-state index contributed by atoms with van der Waals surface area (Å²) in [7, 11) is 0. The van der Waals surface area contributed by atoms with Gasteiger partial charge in [-0.05, 0) is 30.5 Å². The number of aromatic nitrogens is 1. The third kappa shape index (κ3) is 3.90. The number of carbonyl (C=O) groups excluding carboxylic acids is 1. The van der Waals surface area contributed by atoms with Gasteiger partial charge in [-0.1, -0.05) is 12.1 Å². The molecule has 1 aromatic carbocycles. The summed E-state index contributed by atoms with van der Waals surface area (Å²) in [5.74, 6) is -0.293. The second-order valence-corrected chi connectivity index (χ2v) is 6.44. The summed E-state index contributed by atoms with van der Waals surface area (Å²) >= 11 is 1.56. The number of amides is 1. The van der Waals surface area contributed by atoms with Gasteiger partial charge in [0, 0.05) is 24.1 Å². The van der Waals surface area contributed by atoms with Gasteiger partial charge in [0.15, 0.2) is 0 Å². The minimum atomic E-state index is -0.307. The second-order valence-electron chi connectivity index (χ2n) is 5.24. The minimum Gasteiger partial charge on any atom is -0.368 e. The van der Waals surface area contributed by atoms with Crippen molar-refractivity contribution < 1.29 is 13.9 Å². The molecule has 1 aliphatic heterocycles. The molecule has 1 unspecified atom stereocenters. The molecule has 1 N–H and O–H groups in total. The van der Waals surface area contributed by atoms with Crippen LogP contribution in [0.5, 0.6) is 0 Å². The van der Waals surface area contributed by atoms with E-state index in [-0.39, 0.29) is 17.8 Å². The molecule has 0 aliphatic carbocycles. The zero-order chi connectivity index (χ0) is 15.4. The highest BCUT2D eigenvalue weighted by Gasteiger charge is 2.23. The van der Waals surface area contributed by atoms with Gasteiger partial charge in [-0.3, -0.25) is 4.79 Å². The Morgan fingerprint density at radius 3 is 2.95 bits per heavy atom. The Morgan fingerprint density at radius 1 is 1.41 bits per heavy atom. The molecule has 3 rings (SSSR count). The fraction of sp³-hybridized carbons (Fsp3) is 0.375. The average molecular weight is 320 g/mol. The van der Waals surface area contributed by atoms with E-state index >= 15 is 0 Å². The molecule has 116 valence electrons. The monoisotopic (exact) mass is 320 g/mol. The summed E-state index contributed by atoms with van der Waals surface area (Å²) in [6, 6.07) is 6.46. The number of carbonyl (C=O) groups is 1. The van der Waals surface area contributed by atoms with Crippen LogP contribution in [0.15, 0.2) is 30.5 Å². The van der Waals surface area contributed by atoms with Crippen LogP contribution in [0.1, 0.15) is 28.3 Å². The number of nitrogens with one attached hydrogen (secondary N) is 1. The average Bonchev–Trinajstić information content (AvgIpc) is 3.19. The number of rotatable bonds is 5. The molecule has 22 heavy (non-hydrogen) atoms. The van der Waals surface area contributed by atoms with Gasteiger partial charge < -0.3 is 10.1 Å². The molecule has 2 heterocycles. The molecule has 0 bridgehead atoms. The third-order valence-corrected chi connectivity index (χ3v) is 4.53. The molecule has 2 aromatic rings. The van der Waals surface area contributed by atoms with E-state index in [1.807, 2.05) is 6.20 Å². The highest BCUT2D eigenvalue weighted by atomic mass is 32.1. The summed E-state index contributed by atoms with van der Waals surface area (Å²) in [4.78, 5) is 17.3. The van der Waals surface area contributed by atoms with Crippen LogP contribution >= 0.6 is 11.3 Å². The summed E-state index contributed by atoms with van der Waals surface area (Å²) < 4.78 is 18.2. The van der Waals surface area contributed by atoms with Crippen LogP contribution in [0.2, 0.25) is 0 Å². The van der Waals surface area contributed by atoms with Gasteiger partial charge in [-0.2, -0.15) is 0 Å². The number of hydrogen-bond acceptors (Lipinski definition) is 4. The molecular formula is C16H17FN2O2S. The lowest BCUT2D eigenvalue weighted by atomic mass is 10.1. The lowest BCUT2D eigenvalue weighted by Gasteiger charge is -2.08. The fourth-order valence-corrected chi connectivity index (χ4v) is 3.27. The molecule has 6 heteroatoms. The van der Waals surface area contributed by atoms with Crippen molar-refractivity contribution in [2.75, 3.05) is 6.61 Å². The summed E-state index contributed by atoms with van der Waals surface area (Å²) in [6.07, 6.45) is 3.95. The van der Waals surface area contributed by atoms with Crippen LogP contribution < -0.4 is 5.32 Å². The number of hydrogen-bond donors (Lipinski definition) is 1. The van der Waals surface area contributed by atoms with Crippen LogP contribution in [0.25, 0.3) is 0 Å².